The van der Waals surface area contributed by atoms with Gasteiger partial charge in [0.1, 0.15) is 5.69 Å². The third-order valence-electron chi connectivity index (χ3n) is 4.20. The molecule has 0 aliphatic rings. The molecule has 4 N–H and O–H groups in total. The molecular weight excluding hydrogens is 372 g/mol. The Kier molecular flexibility index (Phi) is 6.03. The summed E-state index contributed by atoms with van der Waals surface area (Å²) >= 11 is 0. The number of ketones is 1. The molecule has 148 valence electrons. The number of rotatable bonds is 6. The van der Waals surface area contributed by atoms with E-state index in [-0.39, 0.29) is 24.8 Å². The summed E-state index contributed by atoms with van der Waals surface area (Å²) in [4.78, 5) is 50.4. The first-order chi connectivity index (χ1) is 13.9. The van der Waals surface area contributed by atoms with Crippen molar-refractivity contribution in [1.29, 1.82) is 0 Å². The van der Waals surface area contributed by atoms with E-state index in [1.165, 1.54) is 13.0 Å². The van der Waals surface area contributed by atoms with Crippen LogP contribution in [0.15, 0.2) is 54.6 Å². The van der Waals surface area contributed by atoms with E-state index >= 15 is 0 Å². The third-order valence-corrected chi connectivity index (χ3v) is 4.20. The number of anilines is 1. The van der Waals surface area contributed by atoms with Crippen LogP contribution in [0.2, 0.25) is 0 Å². The van der Waals surface area contributed by atoms with E-state index in [1.54, 1.807) is 24.3 Å². The maximum absolute atomic E-state index is 12.2. The number of aromatic amines is 1. The normalized spacial score (nSPS) is 10.4. The Bertz CT molecular complexity index is 1050. The summed E-state index contributed by atoms with van der Waals surface area (Å²) in [6.07, 6.45) is 0. The number of nitrogens with one attached hydrogen (secondary N) is 4. The van der Waals surface area contributed by atoms with Gasteiger partial charge in [0.2, 0.25) is 0 Å². The van der Waals surface area contributed by atoms with Crippen molar-refractivity contribution in [2.45, 2.75) is 6.92 Å². The second kappa shape index (κ2) is 8.83. The Morgan fingerprint density at radius 2 is 1.62 bits per heavy atom. The third kappa shape index (κ3) is 5.07. The zero-order chi connectivity index (χ0) is 20.8. The monoisotopic (exact) mass is 392 g/mol. The molecule has 0 bridgehead atoms. The average molecular weight is 392 g/mol. The van der Waals surface area contributed by atoms with Gasteiger partial charge in [0.05, 0.1) is 0 Å². The number of amides is 3. The molecule has 0 radical (unpaired) electrons. The van der Waals surface area contributed by atoms with Crippen LogP contribution < -0.4 is 16.0 Å². The van der Waals surface area contributed by atoms with Crippen molar-refractivity contribution in [2.24, 2.45) is 0 Å². The van der Waals surface area contributed by atoms with Crippen molar-refractivity contribution < 1.29 is 19.2 Å². The first-order valence-electron chi connectivity index (χ1n) is 9.00. The number of para-hydroxylation sites is 1. The molecule has 3 amide bonds. The number of Topliss-reactive ketones (excluding diaryl/α,β-unsaturated/α-hetero) is 1. The molecule has 0 atom stereocenters. The fourth-order valence-electron chi connectivity index (χ4n) is 2.73. The molecule has 0 spiro atoms. The lowest BCUT2D eigenvalue weighted by atomic mass is 10.1. The first kappa shape index (κ1) is 19.8. The molecule has 3 rings (SSSR count). The molecule has 29 heavy (non-hydrogen) atoms. The highest BCUT2D eigenvalue weighted by molar-refractivity contribution is 6.39. The minimum absolute atomic E-state index is 0.0890. The molecule has 0 saturated carbocycles. The van der Waals surface area contributed by atoms with Gasteiger partial charge in [0.15, 0.2) is 5.78 Å². The van der Waals surface area contributed by atoms with Crippen molar-refractivity contribution in [3.63, 3.8) is 0 Å². The van der Waals surface area contributed by atoms with Crippen molar-refractivity contribution in [1.82, 2.24) is 15.6 Å². The minimum atomic E-state index is -0.854. The molecule has 2 aromatic carbocycles. The van der Waals surface area contributed by atoms with Gasteiger partial charge in [0, 0.05) is 35.2 Å². The lowest BCUT2D eigenvalue weighted by Gasteiger charge is -2.08. The average Bonchev–Trinajstić information content (AvgIpc) is 3.15. The molecule has 0 aliphatic carbocycles. The van der Waals surface area contributed by atoms with Gasteiger partial charge in [-0.2, -0.15) is 0 Å². The van der Waals surface area contributed by atoms with E-state index in [4.69, 9.17) is 0 Å². The number of benzene rings is 2. The largest absolute Gasteiger partial charge is 0.351 e. The number of aromatic nitrogens is 1. The topological polar surface area (TPSA) is 120 Å². The molecular formula is C21H20N4O4. The molecule has 3 aromatic rings. The van der Waals surface area contributed by atoms with Gasteiger partial charge in [-0.15, -0.1) is 0 Å². The number of carbonyl (C=O) groups excluding carboxylic acids is 4. The van der Waals surface area contributed by atoms with Gasteiger partial charge in [-0.25, -0.2) is 0 Å². The van der Waals surface area contributed by atoms with Crippen LogP contribution in [-0.2, 0) is 9.59 Å². The number of fused-ring (bicyclic) bond motifs is 1. The fourth-order valence-corrected chi connectivity index (χ4v) is 2.73. The number of hydrogen-bond acceptors (Lipinski definition) is 4. The van der Waals surface area contributed by atoms with Gasteiger partial charge >= 0.3 is 11.8 Å². The Morgan fingerprint density at radius 1 is 0.862 bits per heavy atom. The van der Waals surface area contributed by atoms with Crippen LogP contribution >= 0.6 is 0 Å². The Hall–Kier alpha value is -3.94. The summed E-state index contributed by atoms with van der Waals surface area (Å²) in [7, 11) is 0. The van der Waals surface area contributed by atoms with Gasteiger partial charge in [-0.3, -0.25) is 19.2 Å². The first-order valence-corrected chi connectivity index (χ1v) is 9.00. The lowest BCUT2D eigenvalue weighted by Crippen LogP contribution is -2.40. The van der Waals surface area contributed by atoms with Crippen molar-refractivity contribution in [2.75, 3.05) is 18.4 Å². The maximum atomic E-state index is 12.2. The van der Waals surface area contributed by atoms with E-state index in [0.29, 0.717) is 16.9 Å². The highest BCUT2D eigenvalue weighted by atomic mass is 16.2. The van der Waals surface area contributed by atoms with Crippen LogP contribution in [0.4, 0.5) is 5.69 Å². The second-order valence-corrected chi connectivity index (χ2v) is 6.37. The van der Waals surface area contributed by atoms with Gasteiger partial charge in [0.25, 0.3) is 5.91 Å². The predicted molar refractivity (Wildman–Crippen MR) is 109 cm³/mol. The highest BCUT2D eigenvalue weighted by Crippen LogP contribution is 2.14. The molecule has 1 aromatic heterocycles. The molecule has 8 heteroatoms. The summed E-state index contributed by atoms with van der Waals surface area (Å²) < 4.78 is 0. The van der Waals surface area contributed by atoms with Crippen LogP contribution in [0.25, 0.3) is 10.9 Å². The van der Waals surface area contributed by atoms with Crippen LogP contribution in [-0.4, -0.2) is 41.6 Å². The van der Waals surface area contributed by atoms with Crippen molar-refractivity contribution in [3.05, 3.63) is 65.9 Å². The summed E-state index contributed by atoms with van der Waals surface area (Å²) in [5.74, 6) is -2.14. The van der Waals surface area contributed by atoms with Crippen molar-refractivity contribution >= 4 is 40.1 Å². The quantitative estimate of drug-likeness (QED) is 0.291. The molecule has 0 aliphatic heterocycles. The van der Waals surface area contributed by atoms with Crippen molar-refractivity contribution in [3.8, 4) is 0 Å². The molecule has 1 heterocycles. The number of hydrogen-bond donors (Lipinski definition) is 4. The van der Waals surface area contributed by atoms with Gasteiger partial charge in [-0.1, -0.05) is 30.3 Å². The van der Waals surface area contributed by atoms with Crippen LogP contribution in [0.3, 0.4) is 0 Å². The zero-order valence-electron chi connectivity index (χ0n) is 15.7. The van der Waals surface area contributed by atoms with Crippen LogP contribution in [0.5, 0.6) is 0 Å². The summed E-state index contributed by atoms with van der Waals surface area (Å²) in [6.45, 7) is 1.66. The standard InChI is InChI=1S/C21H20N4O4/c1-13(26)14-6-4-7-16(11-14)24-21(29)20(28)23-10-9-22-19(27)18-12-15-5-2-3-8-17(15)25-18/h2-8,11-12,25H,9-10H2,1H3,(H,22,27)(H,23,28)(H,24,29). The Morgan fingerprint density at radius 3 is 2.38 bits per heavy atom. The predicted octanol–water partition coefficient (Wildman–Crippen LogP) is 1.86. The summed E-state index contributed by atoms with van der Waals surface area (Å²) in [5.41, 5.74) is 2.06. The van der Waals surface area contributed by atoms with Crippen LogP contribution in [0, 0.1) is 0 Å². The van der Waals surface area contributed by atoms with Gasteiger partial charge in [-0.05, 0) is 31.2 Å². The smallest absolute Gasteiger partial charge is 0.313 e. The molecule has 8 nitrogen and oxygen atoms in total. The van der Waals surface area contributed by atoms with E-state index in [1.807, 2.05) is 24.3 Å². The molecule has 0 saturated heterocycles. The highest BCUT2D eigenvalue weighted by Gasteiger charge is 2.14. The van der Waals surface area contributed by atoms with E-state index in [0.717, 1.165) is 10.9 Å². The molecule has 0 unspecified atom stereocenters. The SMILES string of the molecule is CC(=O)c1cccc(NC(=O)C(=O)NCCNC(=O)c2cc3ccccc3[nH]2)c1. The second-order valence-electron chi connectivity index (χ2n) is 6.37. The fraction of sp³-hybridized carbons (Fsp3) is 0.143. The summed E-state index contributed by atoms with van der Waals surface area (Å²) in [5, 5.41) is 8.46. The number of carbonyl (C=O) groups is 4. The number of H-pyrrole nitrogens is 1. The summed E-state index contributed by atoms with van der Waals surface area (Å²) in [6, 6.07) is 15.6. The lowest BCUT2D eigenvalue weighted by molar-refractivity contribution is -0.136. The minimum Gasteiger partial charge on any atom is -0.351 e. The van der Waals surface area contributed by atoms with E-state index in [2.05, 4.69) is 20.9 Å². The zero-order valence-corrected chi connectivity index (χ0v) is 15.7. The van der Waals surface area contributed by atoms with E-state index < -0.39 is 11.8 Å². The molecule has 0 fully saturated rings. The Labute approximate surface area is 166 Å². The van der Waals surface area contributed by atoms with Crippen LogP contribution in [0.1, 0.15) is 27.8 Å². The van der Waals surface area contributed by atoms with E-state index in [9.17, 15) is 19.2 Å². The van der Waals surface area contributed by atoms with Gasteiger partial charge < -0.3 is 20.9 Å². The maximum Gasteiger partial charge on any atom is 0.313 e. The Balaban J connectivity index is 1.44.